The Hall–Kier alpha value is -2.02. The summed E-state index contributed by atoms with van der Waals surface area (Å²) < 4.78 is 0. The Morgan fingerprint density at radius 2 is 2.35 bits per heavy atom. The van der Waals surface area contributed by atoms with Crippen molar-refractivity contribution in [2.45, 2.75) is 19.4 Å². The monoisotopic (exact) mass is 292 g/mol. The van der Waals surface area contributed by atoms with Crippen molar-refractivity contribution >= 4 is 29.0 Å². The largest absolute Gasteiger partial charge is 0.389 e. The van der Waals surface area contributed by atoms with Crippen molar-refractivity contribution in [2.24, 2.45) is 5.73 Å². The van der Waals surface area contributed by atoms with E-state index in [-0.39, 0.29) is 22.5 Å². The molecule has 1 saturated heterocycles. The second-order valence-electron chi connectivity index (χ2n) is 4.51. The van der Waals surface area contributed by atoms with Crippen LogP contribution >= 0.6 is 12.2 Å². The lowest BCUT2D eigenvalue weighted by Gasteiger charge is -2.34. The van der Waals surface area contributed by atoms with E-state index in [1.54, 1.807) is 17.0 Å². The molecule has 106 valence electrons. The third kappa shape index (κ3) is 2.77. The number of piperazine rings is 1. The van der Waals surface area contributed by atoms with Crippen LogP contribution in [0.5, 0.6) is 0 Å². The average molecular weight is 292 g/mol. The SMILES string of the molecule is CCC1C(=O)NCCN1C(=O)c1ccc(C(N)=S)cn1. The minimum absolute atomic E-state index is 0.119. The molecule has 1 aliphatic heterocycles. The van der Waals surface area contributed by atoms with Crippen LogP contribution in [0.3, 0.4) is 0 Å². The lowest BCUT2D eigenvalue weighted by atomic mass is 10.1. The van der Waals surface area contributed by atoms with Gasteiger partial charge in [0, 0.05) is 24.8 Å². The number of carbonyl (C=O) groups is 2. The first-order valence-electron chi connectivity index (χ1n) is 6.39. The fraction of sp³-hybridized carbons (Fsp3) is 0.385. The van der Waals surface area contributed by atoms with Gasteiger partial charge in [0.1, 0.15) is 16.7 Å². The Morgan fingerprint density at radius 3 is 2.90 bits per heavy atom. The molecule has 6 nitrogen and oxygen atoms in total. The maximum Gasteiger partial charge on any atom is 0.273 e. The fourth-order valence-electron chi connectivity index (χ4n) is 2.18. The average Bonchev–Trinajstić information content (AvgIpc) is 2.46. The number of aromatic nitrogens is 1. The lowest BCUT2D eigenvalue weighted by molar-refractivity contribution is -0.127. The number of thiocarbonyl (C=S) groups is 1. The molecule has 0 spiro atoms. The van der Waals surface area contributed by atoms with Gasteiger partial charge in [-0.2, -0.15) is 0 Å². The van der Waals surface area contributed by atoms with Crippen molar-refractivity contribution in [2.75, 3.05) is 13.1 Å². The zero-order valence-corrected chi connectivity index (χ0v) is 11.9. The molecule has 2 heterocycles. The van der Waals surface area contributed by atoms with Gasteiger partial charge in [0.25, 0.3) is 5.91 Å². The smallest absolute Gasteiger partial charge is 0.273 e. The number of hydrogen-bond donors (Lipinski definition) is 2. The van der Waals surface area contributed by atoms with Crippen molar-refractivity contribution < 1.29 is 9.59 Å². The van der Waals surface area contributed by atoms with Crippen molar-refractivity contribution in [3.8, 4) is 0 Å². The zero-order valence-electron chi connectivity index (χ0n) is 11.1. The van der Waals surface area contributed by atoms with E-state index in [2.05, 4.69) is 10.3 Å². The normalized spacial score (nSPS) is 18.6. The Balaban J connectivity index is 2.21. The topological polar surface area (TPSA) is 88.3 Å². The van der Waals surface area contributed by atoms with E-state index in [0.29, 0.717) is 25.1 Å². The second kappa shape index (κ2) is 5.96. The van der Waals surface area contributed by atoms with Crippen LogP contribution in [0.4, 0.5) is 0 Å². The number of hydrogen-bond acceptors (Lipinski definition) is 4. The molecule has 0 bridgehead atoms. The van der Waals surface area contributed by atoms with Crippen LogP contribution < -0.4 is 11.1 Å². The first-order chi connectivity index (χ1) is 9.54. The summed E-state index contributed by atoms with van der Waals surface area (Å²) in [7, 11) is 0. The fourth-order valence-corrected chi connectivity index (χ4v) is 2.30. The number of amides is 2. The molecule has 1 atom stereocenters. The standard InChI is InChI=1S/C13H16N4O2S/c1-2-10-12(18)15-5-6-17(10)13(19)9-4-3-8(7-16-9)11(14)20/h3-4,7,10H,2,5-6H2,1H3,(H2,14,20)(H,15,18). The molecule has 0 radical (unpaired) electrons. The molecule has 0 aliphatic carbocycles. The van der Waals surface area contributed by atoms with Gasteiger partial charge in [-0.15, -0.1) is 0 Å². The summed E-state index contributed by atoms with van der Waals surface area (Å²) in [6, 6.07) is 2.80. The molecule has 2 rings (SSSR count). The number of nitrogens with one attached hydrogen (secondary N) is 1. The van der Waals surface area contributed by atoms with Crippen LogP contribution in [0, 0.1) is 0 Å². The highest BCUT2D eigenvalue weighted by Gasteiger charge is 2.32. The van der Waals surface area contributed by atoms with Gasteiger partial charge in [-0.25, -0.2) is 0 Å². The first-order valence-corrected chi connectivity index (χ1v) is 6.80. The van der Waals surface area contributed by atoms with E-state index in [1.165, 1.54) is 6.20 Å². The van der Waals surface area contributed by atoms with Gasteiger partial charge in [-0.1, -0.05) is 19.1 Å². The predicted molar refractivity (Wildman–Crippen MR) is 78.2 cm³/mol. The molecule has 1 unspecified atom stereocenters. The molecule has 7 heteroatoms. The first kappa shape index (κ1) is 14.4. The van der Waals surface area contributed by atoms with E-state index in [9.17, 15) is 9.59 Å². The second-order valence-corrected chi connectivity index (χ2v) is 4.95. The maximum atomic E-state index is 12.4. The summed E-state index contributed by atoms with van der Waals surface area (Å²) in [6.07, 6.45) is 2.04. The molecule has 1 aromatic heterocycles. The van der Waals surface area contributed by atoms with E-state index in [4.69, 9.17) is 18.0 Å². The van der Waals surface area contributed by atoms with E-state index in [0.717, 1.165) is 0 Å². The van der Waals surface area contributed by atoms with Gasteiger partial charge in [-0.05, 0) is 18.6 Å². The van der Waals surface area contributed by atoms with Gasteiger partial charge in [0.05, 0.1) is 0 Å². The van der Waals surface area contributed by atoms with Gasteiger partial charge in [0.2, 0.25) is 5.91 Å². The van der Waals surface area contributed by atoms with Crippen molar-refractivity contribution in [3.05, 3.63) is 29.6 Å². The maximum absolute atomic E-state index is 12.4. The van der Waals surface area contributed by atoms with E-state index in [1.807, 2.05) is 6.92 Å². The van der Waals surface area contributed by atoms with Gasteiger partial charge >= 0.3 is 0 Å². The summed E-state index contributed by atoms with van der Waals surface area (Å²) >= 11 is 4.84. The lowest BCUT2D eigenvalue weighted by Crippen LogP contribution is -2.57. The summed E-state index contributed by atoms with van der Waals surface area (Å²) in [5.74, 6) is -0.368. The minimum Gasteiger partial charge on any atom is -0.389 e. The number of carbonyl (C=O) groups excluding carboxylic acids is 2. The molecule has 0 saturated carbocycles. The quantitative estimate of drug-likeness (QED) is 0.770. The van der Waals surface area contributed by atoms with Crippen LogP contribution in [-0.4, -0.2) is 45.8 Å². The third-order valence-corrected chi connectivity index (χ3v) is 3.48. The summed E-state index contributed by atoms with van der Waals surface area (Å²) in [5, 5.41) is 2.76. The molecule has 1 aliphatic rings. The highest BCUT2D eigenvalue weighted by Crippen LogP contribution is 2.13. The predicted octanol–water partition coefficient (Wildman–Crippen LogP) is 0.0664. The molecule has 0 aromatic carbocycles. The van der Waals surface area contributed by atoms with Gasteiger partial charge in [0.15, 0.2) is 0 Å². The molecular weight excluding hydrogens is 276 g/mol. The summed E-state index contributed by atoms with van der Waals surface area (Å²) in [4.78, 5) is 30.0. The van der Waals surface area contributed by atoms with Crippen LogP contribution in [-0.2, 0) is 4.79 Å². The van der Waals surface area contributed by atoms with E-state index >= 15 is 0 Å². The van der Waals surface area contributed by atoms with Crippen molar-refractivity contribution in [1.29, 1.82) is 0 Å². The Bertz CT molecular complexity index is 544. The third-order valence-electron chi connectivity index (χ3n) is 3.25. The minimum atomic E-state index is -0.437. The number of nitrogens with two attached hydrogens (primary N) is 1. The van der Waals surface area contributed by atoms with Crippen LogP contribution in [0.1, 0.15) is 29.4 Å². The van der Waals surface area contributed by atoms with Crippen molar-refractivity contribution in [3.63, 3.8) is 0 Å². The molecule has 20 heavy (non-hydrogen) atoms. The molecular formula is C13H16N4O2S. The number of pyridine rings is 1. The molecule has 3 N–H and O–H groups in total. The van der Waals surface area contributed by atoms with Crippen LogP contribution in [0.25, 0.3) is 0 Å². The highest BCUT2D eigenvalue weighted by molar-refractivity contribution is 7.80. The highest BCUT2D eigenvalue weighted by atomic mass is 32.1. The van der Waals surface area contributed by atoms with Crippen LogP contribution in [0.2, 0.25) is 0 Å². The summed E-state index contributed by atoms with van der Waals surface area (Å²) in [6.45, 7) is 2.83. The molecule has 2 amide bonds. The van der Waals surface area contributed by atoms with Crippen LogP contribution in [0.15, 0.2) is 18.3 Å². The van der Waals surface area contributed by atoms with Crippen molar-refractivity contribution in [1.82, 2.24) is 15.2 Å². The van der Waals surface area contributed by atoms with Gasteiger partial charge < -0.3 is 16.0 Å². The number of rotatable bonds is 3. The Morgan fingerprint density at radius 1 is 1.60 bits per heavy atom. The number of nitrogens with zero attached hydrogens (tertiary/aromatic N) is 2. The van der Waals surface area contributed by atoms with Gasteiger partial charge in [-0.3, -0.25) is 14.6 Å². The Labute approximate surface area is 122 Å². The molecule has 1 aromatic rings. The Kier molecular flexibility index (Phi) is 4.29. The zero-order chi connectivity index (χ0) is 14.7. The summed E-state index contributed by atoms with van der Waals surface area (Å²) in [5.41, 5.74) is 6.39. The van der Waals surface area contributed by atoms with E-state index < -0.39 is 6.04 Å². The molecule has 1 fully saturated rings.